The third-order valence-corrected chi connectivity index (χ3v) is 4.37. The number of ether oxygens (including phenoxy) is 2. The minimum absolute atomic E-state index is 0.199. The number of nitrogens with zero attached hydrogens (tertiary/aromatic N) is 1. The lowest BCUT2D eigenvalue weighted by atomic mass is 10.3. The van der Waals surface area contributed by atoms with Crippen molar-refractivity contribution in [3.8, 4) is 5.75 Å². The van der Waals surface area contributed by atoms with Crippen LogP contribution in [-0.2, 0) is 4.74 Å². The maximum absolute atomic E-state index is 12.0. The minimum atomic E-state index is -0.714. The first kappa shape index (κ1) is 15.4. The molecule has 1 fully saturated rings. The Kier molecular flexibility index (Phi) is 4.83. The Morgan fingerprint density at radius 1 is 1.13 bits per heavy atom. The van der Waals surface area contributed by atoms with E-state index in [4.69, 9.17) is 9.47 Å². The molecule has 1 aliphatic rings. The molecule has 0 N–H and O–H groups in total. The van der Waals surface area contributed by atoms with Crippen molar-refractivity contribution in [1.29, 1.82) is 0 Å². The number of hydrogen-bond donors (Lipinski definition) is 0. The summed E-state index contributed by atoms with van der Waals surface area (Å²) in [5.41, 5.74) is 0. The van der Waals surface area contributed by atoms with Crippen molar-refractivity contribution in [3.63, 3.8) is 0 Å². The maximum Gasteiger partial charge on any atom is 0.424 e. The average molecular weight is 329 g/mol. The van der Waals surface area contributed by atoms with Gasteiger partial charge in [-0.15, -0.1) is 11.8 Å². The number of hydrogen-bond acceptors (Lipinski definition) is 5. The molecule has 5 nitrogen and oxygen atoms in total. The summed E-state index contributed by atoms with van der Waals surface area (Å²) < 4.78 is 10.4. The smallest absolute Gasteiger partial charge is 0.424 e. The molecule has 23 heavy (non-hydrogen) atoms. The monoisotopic (exact) mass is 329 g/mol. The van der Waals surface area contributed by atoms with Crippen molar-refractivity contribution < 1.29 is 19.1 Å². The maximum atomic E-state index is 12.0. The zero-order valence-corrected chi connectivity index (χ0v) is 13.1. The van der Waals surface area contributed by atoms with E-state index in [0.29, 0.717) is 11.5 Å². The fraction of sp³-hybridized carbons (Fsp3) is 0.176. The molecule has 1 heterocycles. The summed E-state index contributed by atoms with van der Waals surface area (Å²) in [5.74, 6) is 0.984. The lowest BCUT2D eigenvalue weighted by Crippen LogP contribution is -2.34. The molecule has 2 amide bonds. The molecule has 0 radical (unpaired) electrons. The third-order valence-electron chi connectivity index (χ3n) is 3.22. The molecule has 3 rings (SSSR count). The number of cyclic esters (lactones) is 1. The highest BCUT2D eigenvalue weighted by atomic mass is 32.2. The SMILES string of the molecule is O=C(Oc1ccccc1)N1CC(CSc2ccccc2)OC1=O. The summed E-state index contributed by atoms with van der Waals surface area (Å²) in [4.78, 5) is 25.9. The minimum Gasteiger partial charge on any atom is -0.443 e. The summed E-state index contributed by atoms with van der Waals surface area (Å²) in [7, 11) is 0. The number of rotatable bonds is 4. The van der Waals surface area contributed by atoms with Crippen LogP contribution in [0, 0.1) is 0 Å². The van der Waals surface area contributed by atoms with Crippen molar-refractivity contribution in [2.24, 2.45) is 0 Å². The Morgan fingerprint density at radius 3 is 2.48 bits per heavy atom. The topological polar surface area (TPSA) is 55.8 Å². The van der Waals surface area contributed by atoms with E-state index in [1.54, 1.807) is 36.0 Å². The van der Waals surface area contributed by atoms with Gasteiger partial charge in [0.15, 0.2) is 0 Å². The van der Waals surface area contributed by atoms with Crippen LogP contribution in [0.4, 0.5) is 9.59 Å². The summed E-state index contributed by atoms with van der Waals surface area (Å²) in [6.45, 7) is 0.199. The second kappa shape index (κ2) is 7.19. The van der Waals surface area contributed by atoms with Gasteiger partial charge in [0, 0.05) is 10.6 Å². The van der Waals surface area contributed by atoms with E-state index >= 15 is 0 Å². The van der Waals surface area contributed by atoms with Crippen molar-refractivity contribution >= 4 is 23.9 Å². The van der Waals surface area contributed by atoms with Gasteiger partial charge in [0.2, 0.25) is 0 Å². The van der Waals surface area contributed by atoms with E-state index in [2.05, 4.69) is 0 Å². The number of para-hydroxylation sites is 1. The van der Waals surface area contributed by atoms with Gasteiger partial charge in [-0.05, 0) is 24.3 Å². The Hall–Kier alpha value is -2.47. The van der Waals surface area contributed by atoms with E-state index < -0.39 is 12.2 Å². The van der Waals surface area contributed by atoms with Crippen molar-refractivity contribution in [2.75, 3.05) is 12.3 Å². The number of carbonyl (C=O) groups is 2. The number of carbonyl (C=O) groups excluding carboxylic acids is 2. The van der Waals surface area contributed by atoms with E-state index in [9.17, 15) is 9.59 Å². The number of thioether (sulfide) groups is 1. The number of imide groups is 1. The van der Waals surface area contributed by atoms with E-state index in [-0.39, 0.29) is 12.6 Å². The zero-order chi connectivity index (χ0) is 16.1. The Morgan fingerprint density at radius 2 is 1.78 bits per heavy atom. The van der Waals surface area contributed by atoms with Gasteiger partial charge in [-0.1, -0.05) is 36.4 Å². The van der Waals surface area contributed by atoms with Gasteiger partial charge in [-0.25, -0.2) is 14.5 Å². The zero-order valence-electron chi connectivity index (χ0n) is 12.3. The fourth-order valence-electron chi connectivity index (χ4n) is 2.11. The van der Waals surface area contributed by atoms with Gasteiger partial charge in [0.1, 0.15) is 11.9 Å². The molecule has 0 aliphatic carbocycles. The highest BCUT2D eigenvalue weighted by Gasteiger charge is 2.37. The normalized spacial score (nSPS) is 17.0. The number of benzene rings is 2. The van der Waals surface area contributed by atoms with Crippen molar-refractivity contribution in [3.05, 3.63) is 60.7 Å². The molecule has 1 saturated heterocycles. The molecule has 2 aromatic carbocycles. The van der Waals surface area contributed by atoms with Crippen LogP contribution in [0.15, 0.2) is 65.6 Å². The molecule has 6 heteroatoms. The quantitative estimate of drug-likeness (QED) is 0.799. The van der Waals surface area contributed by atoms with Crippen LogP contribution in [0.2, 0.25) is 0 Å². The van der Waals surface area contributed by atoms with Crippen molar-refractivity contribution in [2.45, 2.75) is 11.0 Å². The molecule has 0 saturated carbocycles. The molecular formula is C17H15NO4S. The second-order valence-electron chi connectivity index (χ2n) is 4.92. The first-order chi connectivity index (χ1) is 11.2. The van der Waals surface area contributed by atoms with Gasteiger partial charge in [0.25, 0.3) is 0 Å². The highest BCUT2D eigenvalue weighted by Crippen LogP contribution is 2.23. The predicted molar refractivity (Wildman–Crippen MR) is 86.6 cm³/mol. The molecule has 0 spiro atoms. The molecule has 2 aromatic rings. The van der Waals surface area contributed by atoms with Crippen LogP contribution >= 0.6 is 11.8 Å². The van der Waals surface area contributed by atoms with Crippen LogP contribution in [0.1, 0.15) is 0 Å². The largest absolute Gasteiger partial charge is 0.443 e. The molecule has 0 aromatic heterocycles. The van der Waals surface area contributed by atoms with Crippen LogP contribution in [0.25, 0.3) is 0 Å². The van der Waals surface area contributed by atoms with Crippen LogP contribution < -0.4 is 4.74 Å². The Balaban J connectivity index is 1.54. The van der Waals surface area contributed by atoms with Gasteiger partial charge in [-0.3, -0.25) is 0 Å². The first-order valence-corrected chi connectivity index (χ1v) is 8.14. The second-order valence-corrected chi connectivity index (χ2v) is 6.01. The lowest BCUT2D eigenvalue weighted by molar-refractivity contribution is 0.133. The van der Waals surface area contributed by atoms with E-state index in [1.165, 1.54) is 0 Å². The summed E-state index contributed by atoms with van der Waals surface area (Å²) in [6.07, 6.45) is -1.71. The lowest BCUT2D eigenvalue weighted by Gasteiger charge is -2.11. The van der Waals surface area contributed by atoms with Crippen LogP contribution in [0.3, 0.4) is 0 Å². The molecule has 1 atom stereocenters. The fourth-order valence-corrected chi connectivity index (χ4v) is 3.01. The average Bonchev–Trinajstić information content (AvgIpc) is 2.96. The van der Waals surface area contributed by atoms with Gasteiger partial charge < -0.3 is 9.47 Å². The summed E-state index contributed by atoms with van der Waals surface area (Å²) in [6, 6.07) is 18.5. The highest BCUT2D eigenvalue weighted by molar-refractivity contribution is 7.99. The molecule has 1 aliphatic heterocycles. The predicted octanol–water partition coefficient (Wildman–Crippen LogP) is 3.80. The molecule has 1 unspecified atom stereocenters. The molecule has 118 valence electrons. The third kappa shape index (κ3) is 4.04. The van der Waals surface area contributed by atoms with Crippen LogP contribution in [-0.4, -0.2) is 35.5 Å². The van der Waals surface area contributed by atoms with Gasteiger partial charge >= 0.3 is 12.2 Å². The Labute approximate surface area is 138 Å². The standard InChI is InChI=1S/C17H15NO4S/c19-16(21-13-7-3-1-4-8-13)18-11-14(22-17(18)20)12-23-15-9-5-2-6-10-15/h1-10,14H,11-12H2. The van der Waals surface area contributed by atoms with E-state index in [1.807, 2.05) is 36.4 Å². The number of amides is 2. The van der Waals surface area contributed by atoms with Crippen LogP contribution in [0.5, 0.6) is 5.75 Å². The van der Waals surface area contributed by atoms with E-state index in [0.717, 1.165) is 9.80 Å². The first-order valence-electron chi connectivity index (χ1n) is 7.15. The Bertz CT molecular complexity index is 678. The molecule has 0 bridgehead atoms. The van der Waals surface area contributed by atoms with Gasteiger partial charge in [0.05, 0.1) is 6.54 Å². The summed E-state index contributed by atoms with van der Waals surface area (Å²) >= 11 is 1.58. The van der Waals surface area contributed by atoms with Gasteiger partial charge in [-0.2, -0.15) is 0 Å². The van der Waals surface area contributed by atoms with Crippen molar-refractivity contribution in [1.82, 2.24) is 4.90 Å². The molecular weight excluding hydrogens is 314 g/mol. The summed E-state index contributed by atoms with van der Waals surface area (Å²) in [5, 5.41) is 0.